The zero-order chi connectivity index (χ0) is 12.3. The van der Waals surface area contributed by atoms with Crippen molar-refractivity contribution in [3.63, 3.8) is 0 Å². The molecule has 0 atom stereocenters. The van der Waals surface area contributed by atoms with Crippen LogP contribution in [0.2, 0.25) is 10.0 Å². The normalized spacial score (nSPS) is 10.5. The smallest absolute Gasteiger partial charge is 0.253 e. The molecule has 0 radical (unpaired) electrons. The van der Waals surface area contributed by atoms with E-state index < -0.39 is 0 Å². The SMILES string of the molecule is ClCc1nnc(COc2ccc(Cl)cc2Cl)o1. The summed E-state index contributed by atoms with van der Waals surface area (Å²) in [5.74, 6) is 1.37. The quantitative estimate of drug-likeness (QED) is 0.807. The van der Waals surface area contributed by atoms with Crippen LogP contribution < -0.4 is 4.74 Å². The molecule has 0 fully saturated rings. The highest BCUT2D eigenvalue weighted by Gasteiger charge is 2.07. The van der Waals surface area contributed by atoms with Gasteiger partial charge in [0.05, 0.1) is 5.02 Å². The third kappa shape index (κ3) is 3.25. The summed E-state index contributed by atoms with van der Waals surface area (Å²) >= 11 is 17.2. The molecular formula is C10H7Cl3N2O2. The Labute approximate surface area is 112 Å². The van der Waals surface area contributed by atoms with E-state index in [1.165, 1.54) is 0 Å². The number of ether oxygens (including phenoxy) is 1. The Hall–Kier alpha value is -0.970. The zero-order valence-electron chi connectivity index (χ0n) is 8.49. The Morgan fingerprint density at radius 3 is 2.59 bits per heavy atom. The molecule has 0 aliphatic carbocycles. The summed E-state index contributed by atoms with van der Waals surface area (Å²) < 4.78 is 10.6. The fourth-order valence-electron chi connectivity index (χ4n) is 1.13. The van der Waals surface area contributed by atoms with Crippen LogP contribution in [0, 0.1) is 0 Å². The van der Waals surface area contributed by atoms with Gasteiger partial charge in [0, 0.05) is 5.02 Å². The summed E-state index contributed by atoms with van der Waals surface area (Å²) in [5, 5.41) is 8.43. The Morgan fingerprint density at radius 1 is 1.18 bits per heavy atom. The van der Waals surface area contributed by atoms with E-state index in [2.05, 4.69) is 10.2 Å². The molecule has 4 nitrogen and oxygen atoms in total. The van der Waals surface area contributed by atoms with E-state index in [4.69, 9.17) is 44.0 Å². The molecule has 0 saturated carbocycles. The predicted octanol–water partition coefficient (Wildman–Crippen LogP) is 3.69. The van der Waals surface area contributed by atoms with Crippen LogP contribution >= 0.6 is 34.8 Å². The molecule has 17 heavy (non-hydrogen) atoms. The minimum absolute atomic E-state index is 0.130. The van der Waals surface area contributed by atoms with Crippen LogP contribution in [-0.2, 0) is 12.5 Å². The van der Waals surface area contributed by atoms with E-state index in [-0.39, 0.29) is 12.5 Å². The van der Waals surface area contributed by atoms with Crippen molar-refractivity contribution in [2.24, 2.45) is 0 Å². The lowest BCUT2D eigenvalue weighted by atomic mass is 10.3. The number of benzene rings is 1. The van der Waals surface area contributed by atoms with Gasteiger partial charge in [-0.3, -0.25) is 0 Å². The second kappa shape index (κ2) is 5.58. The minimum Gasteiger partial charge on any atom is -0.482 e. The average molecular weight is 294 g/mol. The first kappa shape index (κ1) is 12.5. The van der Waals surface area contributed by atoms with Gasteiger partial charge in [0.2, 0.25) is 5.89 Å². The molecule has 2 aromatic rings. The second-order valence-corrected chi connectivity index (χ2v) is 4.20. The molecule has 0 amide bonds. The summed E-state index contributed by atoms with van der Waals surface area (Å²) in [7, 11) is 0. The summed E-state index contributed by atoms with van der Waals surface area (Å²) in [6.45, 7) is 0.130. The lowest BCUT2D eigenvalue weighted by Crippen LogP contribution is -1.96. The van der Waals surface area contributed by atoms with Crippen molar-refractivity contribution in [3.05, 3.63) is 40.0 Å². The van der Waals surface area contributed by atoms with Crippen LogP contribution in [-0.4, -0.2) is 10.2 Å². The van der Waals surface area contributed by atoms with Gasteiger partial charge in [-0.25, -0.2) is 0 Å². The van der Waals surface area contributed by atoms with Crippen LogP contribution in [0.15, 0.2) is 22.6 Å². The van der Waals surface area contributed by atoms with Crippen molar-refractivity contribution in [1.29, 1.82) is 0 Å². The molecule has 0 aliphatic heterocycles. The van der Waals surface area contributed by atoms with Crippen LogP contribution in [0.1, 0.15) is 11.8 Å². The Balaban J connectivity index is 2.02. The van der Waals surface area contributed by atoms with Gasteiger partial charge in [-0.2, -0.15) is 0 Å². The number of hydrogen-bond donors (Lipinski definition) is 0. The highest BCUT2D eigenvalue weighted by atomic mass is 35.5. The van der Waals surface area contributed by atoms with Gasteiger partial charge < -0.3 is 9.15 Å². The number of rotatable bonds is 4. The monoisotopic (exact) mass is 292 g/mol. The van der Waals surface area contributed by atoms with E-state index >= 15 is 0 Å². The van der Waals surface area contributed by atoms with E-state index in [0.717, 1.165) is 0 Å². The first-order chi connectivity index (χ1) is 8.19. The van der Waals surface area contributed by atoms with E-state index in [1.54, 1.807) is 18.2 Å². The van der Waals surface area contributed by atoms with E-state index in [9.17, 15) is 0 Å². The van der Waals surface area contributed by atoms with Crippen LogP contribution in [0.4, 0.5) is 0 Å². The van der Waals surface area contributed by atoms with Crippen molar-refractivity contribution in [2.75, 3.05) is 0 Å². The first-order valence-corrected chi connectivity index (χ1v) is 5.93. The molecule has 0 N–H and O–H groups in total. The lowest BCUT2D eigenvalue weighted by Gasteiger charge is -2.05. The molecular weight excluding hydrogens is 286 g/mol. The fourth-order valence-corrected chi connectivity index (χ4v) is 1.70. The molecule has 1 aromatic carbocycles. The third-order valence-corrected chi connectivity index (χ3v) is 2.63. The van der Waals surface area contributed by atoms with E-state index in [0.29, 0.717) is 27.6 Å². The summed E-state index contributed by atoms with van der Waals surface area (Å²) in [5.41, 5.74) is 0. The zero-order valence-corrected chi connectivity index (χ0v) is 10.8. The second-order valence-electron chi connectivity index (χ2n) is 3.09. The molecule has 0 saturated heterocycles. The highest BCUT2D eigenvalue weighted by molar-refractivity contribution is 6.35. The fraction of sp³-hybridized carbons (Fsp3) is 0.200. The predicted molar refractivity (Wildman–Crippen MR) is 64.6 cm³/mol. The van der Waals surface area contributed by atoms with Crippen molar-refractivity contribution in [3.8, 4) is 5.75 Å². The average Bonchev–Trinajstić information content (AvgIpc) is 2.76. The Kier molecular flexibility index (Phi) is 4.10. The van der Waals surface area contributed by atoms with Crippen molar-refractivity contribution < 1.29 is 9.15 Å². The maximum Gasteiger partial charge on any atom is 0.253 e. The number of alkyl halides is 1. The molecule has 1 aromatic heterocycles. The van der Waals surface area contributed by atoms with Gasteiger partial charge >= 0.3 is 0 Å². The molecule has 1 heterocycles. The minimum atomic E-state index is 0.130. The van der Waals surface area contributed by atoms with Crippen molar-refractivity contribution in [1.82, 2.24) is 10.2 Å². The maximum atomic E-state index is 5.93. The molecule has 2 rings (SSSR count). The molecule has 0 spiro atoms. The lowest BCUT2D eigenvalue weighted by molar-refractivity contribution is 0.260. The van der Waals surface area contributed by atoms with Crippen LogP contribution in [0.3, 0.4) is 0 Å². The van der Waals surface area contributed by atoms with Crippen molar-refractivity contribution >= 4 is 34.8 Å². The first-order valence-electron chi connectivity index (χ1n) is 4.64. The Morgan fingerprint density at radius 2 is 1.94 bits per heavy atom. The summed E-state index contributed by atoms with van der Waals surface area (Å²) in [6, 6.07) is 4.95. The number of aromatic nitrogens is 2. The van der Waals surface area contributed by atoms with Gasteiger partial charge in [0.1, 0.15) is 11.6 Å². The molecule has 0 aliphatic rings. The Bertz CT molecular complexity index is 516. The summed E-state index contributed by atoms with van der Waals surface area (Å²) in [6.07, 6.45) is 0. The van der Waals surface area contributed by atoms with Gasteiger partial charge in [0.15, 0.2) is 6.61 Å². The largest absolute Gasteiger partial charge is 0.482 e. The number of halogens is 3. The summed E-state index contributed by atoms with van der Waals surface area (Å²) in [4.78, 5) is 0. The standard InChI is InChI=1S/C10H7Cl3N2O2/c11-4-9-14-15-10(17-9)5-16-8-2-1-6(12)3-7(8)13/h1-3H,4-5H2. The molecule has 7 heteroatoms. The molecule has 0 unspecified atom stereocenters. The number of hydrogen-bond acceptors (Lipinski definition) is 4. The highest BCUT2D eigenvalue weighted by Crippen LogP contribution is 2.28. The molecule has 0 bridgehead atoms. The maximum absolute atomic E-state index is 5.93. The third-order valence-electron chi connectivity index (χ3n) is 1.87. The topological polar surface area (TPSA) is 48.2 Å². The van der Waals surface area contributed by atoms with Gasteiger partial charge in [0.25, 0.3) is 5.89 Å². The van der Waals surface area contributed by atoms with E-state index in [1.807, 2.05) is 0 Å². The van der Waals surface area contributed by atoms with Gasteiger partial charge in [-0.15, -0.1) is 21.8 Å². The van der Waals surface area contributed by atoms with Crippen LogP contribution in [0.25, 0.3) is 0 Å². The van der Waals surface area contributed by atoms with Gasteiger partial charge in [-0.05, 0) is 18.2 Å². The van der Waals surface area contributed by atoms with Crippen molar-refractivity contribution in [2.45, 2.75) is 12.5 Å². The van der Waals surface area contributed by atoms with Gasteiger partial charge in [-0.1, -0.05) is 23.2 Å². The molecule has 90 valence electrons. The number of nitrogens with zero attached hydrogens (tertiary/aromatic N) is 2. The van der Waals surface area contributed by atoms with Crippen LogP contribution in [0.5, 0.6) is 5.75 Å².